The first-order valence-electron chi connectivity index (χ1n) is 6.63. The molecule has 5 nitrogen and oxygen atoms in total. The largest absolute Gasteiger partial charge is 0.383 e. The molecule has 1 aromatic heterocycles. The summed E-state index contributed by atoms with van der Waals surface area (Å²) in [5.74, 6) is 0. The summed E-state index contributed by atoms with van der Waals surface area (Å²) in [6, 6.07) is 0. The molecule has 0 amide bonds. The highest BCUT2D eigenvalue weighted by Gasteiger charge is 2.24. The van der Waals surface area contributed by atoms with Gasteiger partial charge in [0.1, 0.15) is 0 Å². The second-order valence-electron chi connectivity index (χ2n) is 5.55. The van der Waals surface area contributed by atoms with E-state index in [1.807, 2.05) is 0 Å². The fraction of sp³-hybridized carbons (Fsp3) is 0.714. The van der Waals surface area contributed by atoms with E-state index in [0.717, 1.165) is 30.2 Å². The SMILES string of the molecule is COCCN(CCOC)c1nc(C(C)(C)C)c(C=O)s1. The van der Waals surface area contributed by atoms with Gasteiger partial charge in [0.2, 0.25) is 0 Å². The van der Waals surface area contributed by atoms with E-state index < -0.39 is 0 Å². The molecule has 0 saturated carbocycles. The summed E-state index contributed by atoms with van der Waals surface area (Å²) in [5.41, 5.74) is 0.714. The summed E-state index contributed by atoms with van der Waals surface area (Å²) in [6.45, 7) is 8.88. The quantitative estimate of drug-likeness (QED) is 0.690. The van der Waals surface area contributed by atoms with Crippen LogP contribution < -0.4 is 4.90 Å². The lowest BCUT2D eigenvalue weighted by Crippen LogP contribution is -2.30. The highest BCUT2D eigenvalue weighted by Crippen LogP contribution is 2.32. The van der Waals surface area contributed by atoms with E-state index >= 15 is 0 Å². The van der Waals surface area contributed by atoms with Crippen molar-refractivity contribution in [2.24, 2.45) is 0 Å². The van der Waals surface area contributed by atoms with Crippen molar-refractivity contribution in [1.29, 1.82) is 0 Å². The van der Waals surface area contributed by atoms with Crippen molar-refractivity contribution in [3.63, 3.8) is 0 Å². The maximum Gasteiger partial charge on any atom is 0.186 e. The molecule has 0 aromatic carbocycles. The normalized spacial score (nSPS) is 11.7. The third kappa shape index (κ3) is 4.54. The number of aromatic nitrogens is 1. The minimum atomic E-state index is -0.140. The van der Waals surface area contributed by atoms with Crippen LogP contribution in [0.15, 0.2) is 0 Å². The van der Waals surface area contributed by atoms with E-state index in [0.29, 0.717) is 18.1 Å². The Morgan fingerprint density at radius 2 is 1.75 bits per heavy atom. The zero-order chi connectivity index (χ0) is 15.2. The number of rotatable bonds is 8. The second-order valence-corrected chi connectivity index (χ2v) is 6.56. The summed E-state index contributed by atoms with van der Waals surface area (Å²) in [4.78, 5) is 18.7. The van der Waals surface area contributed by atoms with Crippen LogP contribution >= 0.6 is 11.3 Å². The van der Waals surface area contributed by atoms with Gasteiger partial charge in [-0.2, -0.15) is 0 Å². The fourth-order valence-corrected chi connectivity index (χ4v) is 2.92. The van der Waals surface area contributed by atoms with Gasteiger partial charge in [-0.05, 0) is 0 Å². The smallest absolute Gasteiger partial charge is 0.186 e. The summed E-state index contributed by atoms with van der Waals surface area (Å²) < 4.78 is 10.3. The van der Waals surface area contributed by atoms with Crippen LogP contribution in [0, 0.1) is 0 Å². The lowest BCUT2D eigenvalue weighted by molar-refractivity contribution is 0.112. The molecule has 0 N–H and O–H groups in total. The first-order chi connectivity index (χ1) is 9.43. The Hall–Kier alpha value is -0.980. The molecule has 0 fully saturated rings. The molecule has 0 aliphatic carbocycles. The van der Waals surface area contributed by atoms with Gasteiger partial charge in [0.05, 0.1) is 23.8 Å². The molecule has 0 aliphatic heterocycles. The number of carbonyl (C=O) groups excluding carboxylic acids is 1. The number of anilines is 1. The van der Waals surface area contributed by atoms with Gasteiger partial charge in [0.25, 0.3) is 0 Å². The van der Waals surface area contributed by atoms with Crippen LogP contribution in [0.3, 0.4) is 0 Å². The summed E-state index contributed by atoms with van der Waals surface area (Å²) in [7, 11) is 3.35. The monoisotopic (exact) mass is 300 g/mol. The van der Waals surface area contributed by atoms with Crippen molar-refractivity contribution in [2.45, 2.75) is 26.2 Å². The molecule has 0 radical (unpaired) electrons. The Bertz CT molecular complexity index is 419. The summed E-state index contributed by atoms with van der Waals surface area (Å²) in [5, 5.41) is 0.853. The number of hydrogen-bond acceptors (Lipinski definition) is 6. The Morgan fingerprint density at radius 1 is 1.20 bits per heavy atom. The molecule has 0 saturated heterocycles. The number of carbonyl (C=O) groups is 1. The van der Waals surface area contributed by atoms with Crippen LogP contribution in [-0.4, -0.2) is 51.8 Å². The number of hydrogen-bond donors (Lipinski definition) is 0. The van der Waals surface area contributed by atoms with E-state index in [-0.39, 0.29) is 5.41 Å². The molecule has 0 aliphatic rings. The minimum Gasteiger partial charge on any atom is -0.383 e. The topological polar surface area (TPSA) is 51.7 Å². The Balaban J connectivity index is 3.00. The van der Waals surface area contributed by atoms with Gasteiger partial charge < -0.3 is 14.4 Å². The first-order valence-corrected chi connectivity index (χ1v) is 7.45. The van der Waals surface area contributed by atoms with Crippen molar-refractivity contribution in [3.8, 4) is 0 Å². The van der Waals surface area contributed by atoms with Crippen LogP contribution in [-0.2, 0) is 14.9 Å². The average Bonchev–Trinajstić information content (AvgIpc) is 2.83. The van der Waals surface area contributed by atoms with Gasteiger partial charge in [-0.15, -0.1) is 0 Å². The molecular weight excluding hydrogens is 276 g/mol. The molecule has 1 heterocycles. The van der Waals surface area contributed by atoms with Gasteiger partial charge in [-0.3, -0.25) is 4.79 Å². The van der Waals surface area contributed by atoms with Gasteiger partial charge in [-0.1, -0.05) is 32.1 Å². The lowest BCUT2D eigenvalue weighted by atomic mass is 9.91. The van der Waals surface area contributed by atoms with Crippen LogP contribution in [0.5, 0.6) is 0 Å². The first kappa shape index (κ1) is 17.1. The number of nitrogens with zero attached hydrogens (tertiary/aromatic N) is 2. The zero-order valence-electron chi connectivity index (χ0n) is 12.9. The average molecular weight is 300 g/mol. The van der Waals surface area contributed by atoms with E-state index in [1.54, 1.807) is 14.2 Å². The summed E-state index contributed by atoms with van der Waals surface area (Å²) in [6.07, 6.45) is 0.895. The summed E-state index contributed by atoms with van der Waals surface area (Å²) >= 11 is 1.43. The maximum absolute atomic E-state index is 11.2. The van der Waals surface area contributed by atoms with Crippen molar-refractivity contribution < 1.29 is 14.3 Å². The highest BCUT2D eigenvalue weighted by atomic mass is 32.1. The molecule has 20 heavy (non-hydrogen) atoms. The molecule has 1 aromatic rings. The molecule has 0 unspecified atom stereocenters. The number of aldehydes is 1. The van der Waals surface area contributed by atoms with Crippen LogP contribution in [0.4, 0.5) is 5.13 Å². The van der Waals surface area contributed by atoms with E-state index in [9.17, 15) is 4.79 Å². The van der Waals surface area contributed by atoms with Crippen molar-refractivity contribution in [2.75, 3.05) is 45.4 Å². The predicted molar refractivity (Wildman–Crippen MR) is 82.2 cm³/mol. The zero-order valence-corrected chi connectivity index (χ0v) is 13.7. The van der Waals surface area contributed by atoms with Gasteiger partial charge in [0, 0.05) is 32.7 Å². The molecular formula is C14H24N2O3S. The van der Waals surface area contributed by atoms with Crippen molar-refractivity contribution in [3.05, 3.63) is 10.6 Å². The highest BCUT2D eigenvalue weighted by molar-refractivity contribution is 7.17. The van der Waals surface area contributed by atoms with Gasteiger partial charge in [0.15, 0.2) is 11.4 Å². The van der Waals surface area contributed by atoms with E-state index in [2.05, 4.69) is 30.7 Å². The number of thiazole rings is 1. The van der Waals surface area contributed by atoms with Crippen LogP contribution in [0.1, 0.15) is 36.1 Å². The Kier molecular flexibility index (Phi) is 6.58. The standard InChI is InChI=1S/C14H24N2O3S/c1-14(2,3)12-11(10-17)20-13(15-12)16(6-8-18-4)7-9-19-5/h10H,6-9H2,1-5H3. The third-order valence-corrected chi connectivity index (χ3v) is 3.90. The molecule has 0 atom stereocenters. The van der Waals surface area contributed by atoms with Crippen molar-refractivity contribution >= 4 is 22.8 Å². The van der Waals surface area contributed by atoms with Gasteiger partial charge in [-0.25, -0.2) is 4.98 Å². The van der Waals surface area contributed by atoms with E-state index in [1.165, 1.54) is 11.3 Å². The Labute approximate surface area is 124 Å². The second kappa shape index (κ2) is 7.71. The molecule has 1 rings (SSSR count). The Morgan fingerprint density at radius 3 is 2.10 bits per heavy atom. The molecule has 114 valence electrons. The molecule has 6 heteroatoms. The number of methoxy groups -OCH3 is 2. The van der Waals surface area contributed by atoms with Crippen LogP contribution in [0.2, 0.25) is 0 Å². The van der Waals surface area contributed by atoms with Crippen molar-refractivity contribution in [1.82, 2.24) is 4.98 Å². The molecule has 0 spiro atoms. The predicted octanol–water partition coefficient (Wildman–Crippen LogP) is 2.35. The van der Waals surface area contributed by atoms with Crippen LogP contribution in [0.25, 0.3) is 0 Å². The third-order valence-electron chi connectivity index (χ3n) is 2.86. The fourth-order valence-electron chi connectivity index (χ4n) is 1.78. The lowest BCUT2D eigenvalue weighted by Gasteiger charge is -2.21. The van der Waals surface area contributed by atoms with E-state index in [4.69, 9.17) is 9.47 Å². The molecule has 0 bridgehead atoms. The number of ether oxygens (including phenoxy) is 2. The maximum atomic E-state index is 11.2. The van der Waals surface area contributed by atoms with Gasteiger partial charge >= 0.3 is 0 Å². The minimum absolute atomic E-state index is 0.140.